The molecule has 0 aliphatic rings. The number of H-pyrrole nitrogens is 1. The topological polar surface area (TPSA) is 62.7 Å². The Morgan fingerprint density at radius 1 is 1.47 bits per heavy atom. The molecule has 0 atom stereocenters. The lowest BCUT2D eigenvalue weighted by atomic mass is 10.3. The minimum Gasteiger partial charge on any atom is -0.342 e. The molecule has 2 heterocycles. The number of nitrogens with zero attached hydrogens (tertiary/aromatic N) is 2. The van der Waals surface area contributed by atoms with Crippen LogP contribution in [0.4, 0.5) is 5.82 Å². The van der Waals surface area contributed by atoms with Crippen molar-refractivity contribution in [2.75, 3.05) is 5.32 Å². The van der Waals surface area contributed by atoms with Crippen LogP contribution in [0, 0.1) is 0 Å². The highest BCUT2D eigenvalue weighted by molar-refractivity contribution is 9.10. The van der Waals surface area contributed by atoms with Crippen LogP contribution in [0.5, 0.6) is 0 Å². The van der Waals surface area contributed by atoms with Gasteiger partial charge in [-0.25, -0.2) is 0 Å². The van der Waals surface area contributed by atoms with E-state index in [0.717, 1.165) is 29.6 Å². The molecule has 2 aromatic heterocycles. The molecule has 0 fully saturated rings. The zero-order valence-corrected chi connectivity index (χ0v) is 12.6. The summed E-state index contributed by atoms with van der Waals surface area (Å²) >= 11 is 3.40. The largest absolute Gasteiger partial charge is 0.342 e. The Hall–Kier alpha value is -1.56. The summed E-state index contributed by atoms with van der Waals surface area (Å²) < 4.78 is 2.84. The third-order valence-corrected chi connectivity index (χ3v) is 3.25. The van der Waals surface area contributed by atoms with Crippen LogP contribution in [0.3, 0.4) is 0 Å². The summed E-state index contributed by atoms with van der Waals surface area (Å²) in [5.74, 6) is 0.413. The fraction of sp³-hybridized carbons (Fsp3) is 0.385. The predicted molar refractivity (Wildman–Crippen MR) is 78.3 cm³/mol. The van der Waals surface area contributed by atoms with Gasteiger partial charge in [0.05, 0.1) is 0 Å². The minimum atomic E-state index is -0.145. The van der Waals surface area contributed by atoms with E-state index in [1.807, 2.05) is 29.8 Å². The molecule has 0 aromatic carbocycles. The number of hydrogen-bond acceptors (Lipinski definition) is 2. The first-order valence-electron chi connectivity index (χ1n) is 6.35. The number of rotatable bonds is 5. The number of hydrogen-bond donors (Lipinski definition) is 2. The average molecular weight is 325 g/mol. The Kier molecular flexibility index (Phi) is 4.42. The smallest absolute Gasteiger partial charge is 0.273 e. The van der Waals surface area contributed by atoms with Gasteiger partial charge in [0.25, 0.3) is 5.91 Å². The zero-order chi connectivity index (χ0) is 13.8. The van der Waals surface area contributed by atoms with Crippen molar-refractivity contribution in [3.8, 4) is 0 Å². The van der Waals surface area contributed by atoms with E-state index in [2.05, 4.69) is 38.4 Å². The monoisotopic (exact) mass is 324 g/mol. The van der Waals surface area contributed by atoms with Gasteiger partial charge in [-0.2, -0.15) is 5.10 Å². The summed E-state index contributed by atoms with van der Waals surface area (Å²) in [7, 11) is 0. The molecule has 0 bridgehead atoms. The fourth-order valence-electron chi connectivity index (χ4n) is 1.88. The number of amides is 1. The van der Waals surface area contributed by atoms with E-state index in [0.29, 0.717) is 11.5 Å². The third-order valence-electron chi connectivity index (χ3n) is 2.81. The second-order valence-electron chi connectivity index (χ2n) is 4.32. The quantitative estimate of drug-likeness (QED) is 0.887. The molecule has 5 nitrogen and oxygen atoms in total. The van der Waals surface area contributed by atoms with Crippen LogP contribution < -0.4 is 5.32 Å². The van der Waals surface area contributed by atoms with Gasteiger partial charge in [0, 0.05) is 29.0 Å². The van der Waals surface area contributed by atoms with Crippen LogP contribution in [0.2, 0.25) is 0 Å². The lowest BCUT2D eigenvalue weighted by Crippen LogP contribution is -2.17. The van der Waals surface area contributed by atoms with Gasteiger partial charge in [0.15, 0.2) is 5.82 Å². The highest BCUT2D eigenvalue weighted by atomic mass is 79.9. The Morgan fingerprint density at radius 3 is 2.89 bits per heavy atom. The zero-order valence-electron chi connectivity index (χ0n) is 11.0. The molecule has 0 aliphatic heterocycles. The van der Waals surface area contributed by atoms with Crippen molar-refractivity contribution in [1.29, 1.82) is 0 Å². The Morgan fingerprint density at radius 2 is 2.26 bits per heavy atom. The number of anilines is 1. The third kappa shape index (κ3) is 3.26. The maximum absolute atomic E-state index is 12.2. The number of aryl methyl sites for hydroxylation is 2. The summed E-state index contributed by atoms with van der Waals surface area (Å²) in [6.07, 6.45) is 3.75. The highest BCUT2D eigenvalue weighted by Crippen LogP contribution is 2.17. The SMILES string of the molecule is CCCn1cc(Br)cc1C(=O)Nc1cc(CC)[nH]n1. The van der Waals surface area contributed by atoms with Crippen LogP contribution in [0.25, 0.3) is 0 Å². The number of aromatic nitrogens is 3. The van der Waals surface area contributed by atoms with Crippen molar-refractivity contribution >= 4 is 27.7 Å². The molecule has 2 rings (SSSR count). The highest BCUT2D eigenvalue weighted by Gasteiger charge is 2.14. The molecule has 0 spiro atoms. The number of carbonyl (C=O) groups is 1. The van der Waals surface area contributed by atoms with Crippen LogP contribution >= 0.6 is 15.9 Å². The van der Waals surface area contributed by atoms with E-state index in [-0.39, 0.29) is 5.91 Å². The molecular weight excluding hydrogens is 308 g/mol. The average Bonchev–Trinajstić information content (AvgIpc) is 2.96. The fourth-order valence-corrected chi connectivity index (χ4v) is 2.34. The van der Waals surface area contributed by atoms with Gasteiger partial charge in [-0.05, 0) is 34.8 Å². The van der Waals surface area contributed by atoms with E-state index in [9.17, 15) is 4.79 Å². The molecule has 6 heteroatoms. The predicted octanol–water partition coefficient (Wildman–Crippen LogP) is 3.20. The van der Waals surface area contributed by atoms with Crippen molar-refractivity contribution in [2.45, 2.75) is 33.2 Å². The van der Waals surface area contributed by atoms with Gasteiger partial charge in [-0.15, -0.1) is 0 Å². The van der Waals surface area contributed by atoms with Gasteiger partial charge in [-0.3, -0.25) is 9.89 Å². The number of nitrogens with one attached hydrogen (secondary N) is 2. The molecule has 102 valence electrons. The molecule has 0 saturated carbocycles. The van der Waals surface area contributed by atoms with Crippen molar-refractivity contribution < 1.29 is 4.79 Å². The standard InChI is InChI=1S/C13H17BrN4O/c1-3-5-18-8-9(14)6-11(18)13(19)15-12-7-10(4-2)16-17-12/h6-8H,3-5H2,1-2H3,(H2,15,16,17,19). The Balaban J connectivity index is 2.15. The van der Waals surface area contributed by atoms with Crippen LogP contribution in [-0.2, 0) is 13.0 Å². The van der Waals surface area contributed by atoms with Gasteiger partial charge < -0.3 is 9.88 Å². The molecule has 0 unspecified atom stereocenters. The molecule has 0 aliphatic carbocycles. The van der Waals surface area contributed by atoms with E-state index in [1.165, 1.54) is 0 Å². The van der Waals surface area contributed by atoms with Gasteiger partial charge >= 0.3 is 0 Å². The summed E-state index contributed by atoms with van der Waals surface area (Å²) in [5.41, 5.74) is 1.63. The number of carbonyl (C=O) groups excluding carboxylic acids is 1. The second-order valence-corrected chi connectivity index (χ2v) is 5.24. The van der Waals surface area contributed by atoms with E-state index >= 15 is 0 Å². The first-order valence-corrected chi connectivity index (χ1v) is 7.14. The first kappa shape index (κ1) is 13.9. The molecule has 2 aromatic rings. The summed E-state index contributed by atoms with van der Waals surface area (Å²) in [4.78, 5) is 12.2. The normalized spacial score (nSPS) is 10.7. The minimum absolute atomic E-state index is 0.145. The van der Waals surface area contributed by atoms with Crippen molar-refractivity contribution in [3.05, 3.63) is 34.2 Å². The van der Waals surface area contributed by atoms with Gasteiger partial charge in [0.2, 0.25) is 0 Å². The molecule has 2 N–H and O–H groups in total. The van der Waals surface area contributed by atoms with E-state index < -0.39 is 0 Å². The summed E-state index contributed by atoms with van der Waals surface area (Å²) in [6.45, 7) is 4.93. The van der Waals surface area contributed by atoms with Crippen molar-refractivity contribution in [1.82, 2.24) is 14.8 Å². The second kappa shape index (κ2) is 6.06. The van der Waals surface area contributed by atoms with Crippen LogP contribution in [0.1, 0.15) is 36.5 Å². The molecule has 0 saturated heterocycles. The Labute approximate surface area is 120 Å². The van der Waals surface area contributed by atoms with E-state index in [1.54, 1.807) is 0 Å². The van der Waals surface area contributed by atoms with Crippen LogP contribution in [-0.4, -0.2) is 20.7 Å². The Bertz CT molecular complexity index is 573. The summed E-state index contributed by atoms with van der Waals surface area (Å²) in [5, 5.41) is 9.74. The van der Waals surface area contributed by atoms with Gasteiger partial charge in [0.1, 0.15) is 5.69 Å². The number of halogens is 1. The maximum Gasteiger partial charge on any atom is 0.273 e. The molecule has 1 amide bonds. The van der Waals surface area contributed by atoms with E-state index in [4.69, 9.17) is 0 Å². The molecule has 0 radical (unpaired) electrons. The first-order chi connectivity index (χ1) is 9.13. The maximum atomic E-state index is 12.2. The lowest BCUT2D eigenvalue weighted by molar-refractivity contribution is 0.101. The molecule has 19 heavy (non-hydrogen) atoms. The number of aromatic amines is 1. The van der Waals surface area contributed by atoms with Crippen molar-refractivity contribution in [2.24, 2.45) is 0 Å². The van der Waals surface area contributed by atoms with Crippen molar-refractivity contribution in [3.63, 3.8) is 0 Å². The lowest BCUT2D eigenvalue weighted by Gasteiger charge is -2.06. The molecular formula is C13H17BrN4O. The summed E-state index contributed by atoms with van der Waals surface area (Å²) in [6, 6.07) is 3.67. The van der Waals surface area contributed by atoms with Crippen LogP contribution in [0.15, 0.2) is 22.8 Å². The van der Waals surface area contributed by atoms with Gasteiger partial charge in [-0.1, -0.05) is 13.8 Å².